The van der Waals surface area contributed by atoms with Crippen LogP contribution in [0.1, 0.15) is 38.3 Å². The molecule has 0 amide bonds. The Bertz CT molecular complexity index is 1130. The molecule has 29 heavy (non-hydrogen) atoms. The van der Waals surface area contributed by atoms with E-state index in [2.05, 4.69) is 38.6 Å². The predicted octanol–water partition coefficient (Wildman–Crippen LogP) is 5.79. The molecule has 4 heteroatoms. The summed E-state index contributed by atoms with van der Waals surface area (Å²) in [5.74, 6) is 0.727. The topological polar surface area (TPSA) is 34.9 Å². The number of benzene rings is 2. The van der Waals surface area contributed by atoms with Gasteiger partial charge in [-0.25, -0.2) is 4.98 Å². The van der Waals surface area contributed by atoms with Crippen LogP contribution < -0.4 is 5.56 Å². The van der Waals surface area contributed by atoms with Gasteiger partial charge in [0.2, 0.25) is 0 Å². The third kappa shape index (κ3) is 3.46. The van der Waals surface area contributed by atoms with E-state index in [9.17, 15) is 4.79 Å². The maximum atomic E-state index is 14.0. The average Bonchev–Trinajstić information content (AvgIpc) is 2.72. The molecular formula is C25H26N2OS. The molecular weight excluding hydrogens is 376 g/mol. The Morgan fingerprint density at radius 3 is 2.55 bits per heavy atom. The van der Waals surface area contributed by atoms with Crippen molar-refractivity contribution in [3.05, 3.63) is 88.2 Å². The van der Waals surface area contributed by atoms with Crippen molar-refractivity contribution >= 4 is 11.8 Å². The van der Waals surface area contributed by atoms with Crippen LogP contribution in [0.15, 0.2) is 76.7 Å². The molecule has 0 spiro atoms. The quantitative estimate of drug-likeness (QED) is 0.308. The fourth-order valence-electron chi connectivity index (χ4n) is 4.05. The van der Waals surface area contributed by atoms with Crippen LogP contribution in [0.2, 0.25) is 0 Å². The van der Waals surface area contributed by atoms with E-state index >= 15 is 0 Å². The summed E-state index contributed by atoms with van der Waals surface area (Å²) < 4.78 is 1.79. The minimum atomic E-state index is -0.234. The first-order valence-electron chi connectivity index (χ1n) is 10.0. The number of hydrogen-bond donors (Lipinski definition) is 0. The molecule has 1 unspecified atom stereocenters. The van der Waals surface area contributed by atoms with Gasteiger partial charge in [0, 0.05) is 16.7 Å². The lowest BCUT2D eigenvalue weighted by atomic mass is 9.69. The third-order valence-electron chi connectivity index (χ3n) is 5.75. The molecule has 1 aromatic heterocycles. The number of para-hydroxylation sites is 1. The van der Waals surface area contributed by atoms with Crippen molar-refractivity contribution < 1.29 is 0 Å². The molecule has 0 N–H and O–H groups in total. The summed E-state index contributed by atoms with van der Waals surface area (Å²) in [5, 5.41) is 0.720. The zero-order valence-corrected chi connectivity index (χ0v) is 18.1. The van der Waals surface area contributed by atoms with Gasteiger partial charge in [-0.1, -0.05) is 80.2 Å². The number of hydrogen-bond acceptors (Lipinski definition) is 3. The monoisotopic (exact) mass is 402 g/mol. The van der Waals surface area contributed by atoms with Gasteiger partial charge in [0.1, 0.15) is 0 Å². The molecule has 4 rings (SSSR count). The summed E-state index contributed by atoms with van der Waals surface area (Å²) in [6.07, 6.45) is 1.74. The summed E-state index contributed by atoms with van der Waals surface area (Å²) in [6, 6.07) is 18.2. The van der Waals surface area contributed by atoms with Gasteiger partial charge in [0.25, 0.3) is 5.56 Å². The van der Waals surface area contributed by atoms with Crippen molar-refractivity contribution in [1.29, 1.82) is 0 Å². The molecule has 0 fully saturated rings. The van der Waals surface area contributed by atoms with E-state index in [0.29, 0.717) is 0 Å². The Hall–Kier alpha value is -2.59. The van der Waals surface area contributed by atoms with Gasteiger partial charge in [-0.05, 0) is 37.5 Å². The molecule has 0 radical (unpaired) electrons. The second-order valence-corrected chi connectivity index (χ2v) is 9.03. The summed E-state index contributed by atoms with van der Waals surface area (Å²) in [6.45, 7) is 10.4. The molecule has 0 bridgehead atoms. The second kappa shape index (κ2) is 7.68. The molecule has 1 aliphatic rings. The molecule has 3 nitrogen and oxygen atoms in total. The fourth-order valence-corrected chi connectivity index (χ4v) is 4.89. The number of rotatable bonds is 5. The predicted molar refractivity (Wildman–Crippen MR) is 122 cm³/mol. The van der Waals surface area contributed by atoms with E-state index in [1.165, 1.54) is 5.56 Å². The molecule has 1 atom stereocenters. The summed E-state index contributed by atoms with van der Waals surface area (Å²) in [5.41, 5.74) is 5.76. The summed E-state index contributed by atoms with van der Waals surface area (Å²) in [7, 11) is 0. The Morgan fingerprint density at radius 1 is 1.17 bits per heavy atom. The summed E-state index contributed by atoms with van der Waals surface area (Å²) in [4.78, 5) is 19.0. The number of thioether (sulfide) groups is 1. The smallest absolute Gasteiger partial charge is 0.263 e. The van der Waals surface area contributed by atoms with Gasteiger partial charge >= 0.3 is 0 Å². The van der Waals surface area contributed by atoms with Crippen molar-refractivity contribution in [2.24, 2.45) is 0 Å². The standard InChI is InChI=1S/C25H26N2OS/c1-5-25(4)15-18-11-9-10-14-20(18)22-21(25)23(28)27(19-12-7-6-8-13-19)24(26-22)29-16-17(2)3/h6-14H,2,5,15-16H2,1,3-4H3. The molecule has 2 aromatic carbocycles. The number of aromatic nitrogens is 2. The Kier molecular flexibility index (Phi) is 5.22. The lowest BCUT2D eigenvalue weighted by Gasteiger charge is -2.35. The third-order valence-corrected chi connectivity index (χ3v) is 6.92. The Labute approximate surface area is 176 Å². The number of nitrogens with zero attached hydrogens (tertiary/aromatic N) is 2. The van der Waals surface area contributed by atoms with Crippen LogP contribution in [0.4, 0.5) is 0 Å². The molecule has 0 aliphatic heterocycles. The fraction of sp³-hybridized carbons (Fsp3) is 0.280. The van der Waals surface area contributed by atoms with E-state index in [0.717, 1.165) is 51.8 Å². The van der Waals surface area contributed by atoms with Gasteiger partial charge in [0.15, 0.2) is 5.16 Å². The first-order chi connectivity index (χ1) is 13.9. The van der Waals surface area contributed by atoms with E-state index in [1.807, 2.05) is 43.3 Å². The van der Waals surface area contributed by atoms with Crippen LogP contribution in [-0.2, 0) is 11.8 Å². The van der Waals surface area contributed by atoms with Gasteiger partial charge in [-0.2, -0.15) is 0 Å². The SMILES string of the molecule is C=C(C)CSc1nc2c(c(=O)n1-c1ccccc1)C(C)(CC)Cc1ccccc1-2. The van der Waals surface area contributed by atoms with Crippen LogP contribution in [0, 0.1) is 0 Å². The lowest BCUT2D eigenvalue weighted by Crippen LogP contribution is -2.39. The minimum Gasteiger partial charge on any atom is -0.268 e. The Morgan fingerprint density at radius 2 is 1.86 bits per heavy atom. The molecule has 0 saturated carbocycles. The first kappa shape index (κ1) is 19.7. The highest BCUT2D eigenvalue weighted by molar-refractivity contribution is 7.99. The van der Waals surface area contributed by atoms with Gasteiger partial charge in [0.05, 0.1) is 16.9 Å². The van der Waals surface area contributed by atoms with Crippen molar-refractivity contribution in [3.63, 3.8) is 0 Å². The highest BCUT2D eigenvalue weighted by Gasteiger charge is 2.38. The van der Waals surface area contributed by atoms with E-state index in [-0.39, 0.29) is 11.0 Å². The minimum absolute atomic E-state index is 0.0456. The van der Waals surface area contributed by atoms with Gasteiger partial charge < -0.3 is 0 Å². The largest absolute Gasteiger partial charge is 0.268 e. The molecule has 148 valence electrons. The second-order valence-electron chi connectivity index (χ2n) is 8.09. The van der Waals surface area contributed by atoms with Crippen molar-refractivity contribution in [3.8, 4) is 16.9 Å². The van der Waals surface area contributed by atoms with E-state index < -0.39 is 0 Å². The maximum Gasteiger partial charge on any atom is 0.263 e. The normalized spacial score (nSPS) is 17.5. The zero-order valence-electron chi connectivity index (χ0n) is 17.2. The van der Waals surface area contributed by atoms with Crippen LogP contribution >= 0.6 is 11.8 Å². The van der Waals surface area contributed by atoms with Crippen molar-refractivity contribution in [1.82, 2.24) is 9.55 Å². The highest BCUT2D eigenvalue weighted by Crippen LogP contribution is 2.43. The highest BCUT2D eigenvalue weighted by atomic mass is 32.2. The van der Waals surface area contributed by atoms with Gasteiger partial charge in [-0.15, -0.1) is 0 Å². The molecule has 0 saturated heterocycles. The summed E-state index contributed by atoms with van der Waals surface area (Å²) >= 11 is 1.57. The van der Waals surface area contributed by atoms with Crippen molar-refractivity contribution in [2.45, 2.75) is 44.2 Å². The van der Waals surface area contributed by atoms with Crippen LogP contribution in [0.25, 0.3) is 16.9 Å². The molecule has 1 heterocycles. The van der Waals surface area contributed by atoms with Crippen molar-refractivity contribution in [2.75, 3.05) is 5.75 Å². The van der Waals surface area contributed by atoms with Crippen LogP contribution in [-0.4, -0.2) is 15.3 Å². The number of fused-ring (bicyclic) bond motifs is 3. The van der Waals surface area contributed by atoms with E-state index in [1.54, 1.807) is 16.3 Å². The maximum absolute atomic E-state index is 14.0. The Balaban J connectivity index is 2.05. The van der Waals surface area contributed by atoms with Crippen LogP contribution in [0.5, 0.6) is 0 Å². The molecule has 1 aliphatic carbocycles. The average molecular weight is 403 g/mol. The van der Waals surface area contributed by atoms with Gasteiger partial charge in [-0.3, -0.25) is 9.36 Å². The lowest BCUT2D eigenvalue weighted by molar-refractivity contribution is 0.435. The first-order valence-corrected chi connectivity index (χ1v) is 11.0. The van der Waals surface area contributed by atoms with E-state index in [4.69, 9.17) is 4.98 Å². The zero-order chi connectivity index (χ0) is 20.6. The molecule has 3 aromatic rings. The van der Waals surface area contributed by atoms with Crippen LogP contribution in [0.3, 0.4) is 0 Å².